The number of nitrogens with one attached hydrogen (secondary N) is 1. The van der Waals surface area contributed by atoms with Crippen molar-refractivity contribution in [3.63, 3.8) is 0 Å². The zero-order valence-electron chi connectivity index (χ0n) is 11.1. The lowest BCUT2D eigenvalue weighted by atomic mass is 9.96. The zero-order chi connectivity index (χ0) is 12.1. The van der Waals surface area contributed by atoms with Crippen LogP contribution in [-0.2, 0) is 4.79 Å². The van der Waals surface area contributed by atoms with Gasteiger partial charge in [0.05, 0.1) is 6.04 Å². The van der Waals surface area contributed by atoms with E-state index < -0.39 is 0 Å². The van der Waals surface area contributed by atoms with Gasteiger partial charge in [0.15, 0.2) is 0 Å². The Labute approximate surface area is 105 Å². The van der Waals surface area contributed by atoms with Gasteiger partial charge in [-0.2, -0.15) is 0 Å². The molecule has 2 rings (SSSR count). The molecule has 0 aromatic carbocycles. The van der Waals surface area contributed by atoms with E-state index in [1.54, 1.807) is 0 Å². The van der Waals surface area contributed by atoms with E-state index in [4.69, 9.17) is 0 Å². The van der Waals surface area contributed by atoms with Crippen LogP contribution >= 0.6 is 0 Å². The average molecular weight is 238 g/mol. The van der Waals surface area contributed by atoms with Crippen LogP contribution in [0.2, 0.25) is 0 Å². The van der Waals surface area contributed by atoms with Crippen LogP contribution in [0.5, 0.6) is 0 Å². The average Bonchev–Trinajstić information content (AvgIpc) is 2.68. The lowest BCUT2D eigenvalue weighted by molar-refractivity contribution is -0.125. The summed E-state index contributed by atoms with van der Waals surface area (Å²) in [5.41, 5.74) is 0. The lowest BCUT2D eigenvalue weighted by Gasteiger charge is -2.25. The molecule has 0 aromatic heterocycles. The van der Waals surface area contributed by atoms with Crippen LogP contribution in [0.1, 0.15) is 57.8 Å². The van der Waals surface area contributed by atoms with Crippen LogP contribution in [0.4, 0.5) is 0 Å². The largest absolute Gasteiger partial charge is 0.352 e. The van der Waals surface area contributed by atoms with Crippen LogP contribution in [0.3, 0.4) is 0 Å². The number of rotatable bonds is 2. The van der Waals surface area contributed by atoms with E-state index in [1.165, 1.54) is 51.4 Å². The third-order valence-electron chi connectivity index (χ3n) is 4.27. The van der Waals surface area contributed by atoms with E-state index in [1.807, 2.05) is 0 Å². The minimum Gasteiger partial charge on any atom is -0.352 e. The van der Waals surface area contributed by atoms with Gasteiger partial charge in [0.2, 0.25) is 5.91 Å². The molecular formula is C14H26N2O. The van der Waals surface area contributed by atoms with E-state index in [0.717, 1.165) is 13.0 Å². The monoisotopic (exact) mass is 238 g/mol. The summed E-state index contributed by atoms with van der Waals surface area (Å²) < 4.78 is 0. The number of hydrogen-bond donors (Lipinski definition) is 1. The van der Waals surface area contributed by atoms with E-state index in [9.17, 15) is 4.79 Å². The topological polar surface area (TPSA) is 32.3 Å². The molecule has 0 bridgehead atoms. The maximum Gasteiger partial charge on any atom is 0.237 e. The van der Waals surface area contributed by atoms with Gasteiger partial charge in [-0.05, 0) is 39.3 Å². The Morgan fingerprint density at radius 2 is 1.65 bits per heavy atom. The van der Waals surface area contributed by atoms with E-state index >= 15 is 0 Å². The van der Waals surface area contributed by atoms with Crippen molar-refractivity contribution in [1.82, 2.24) is 10.2 Å². The van der Waals surface area contributed by atoms with Crippen LogP contribution in [0.25, 0.3) is 0 Å². The van der Waals surface area contributed by atoms with Crippen molar-refractivity contribution in [2.75, 3.05) is 13.6 Å². The number of likely N-dealkylation sites (tertiary alicyclic amines) is 1. The molecule has 2 aliphatic rings. The van der Waals surface area contributed by atoms with E-state index in [-0.39, 0.29) is 11.9 Å². The number of carbonyl (C=O) groups is 1. The van der Waals surface area contributed by atoms with E-state index in [2.05, 4.69) is 17.3 Å². The van der Waals surface area contributed by atoms with Crippen molar-refractivity contribution in [2.45, 2.75) is 69.9 Å². The zero-order valence-corrected chi connectivity index (χ0v) is 11.1. The Balaban J connectivity index is 1.79. The van der Waals surface area contributed by atoms with Gasteiger partial charge in [0, 0.05) is 6.04 Å². The molecule has 0 unspecified atom stereocenters. The van der Waals surface area contributed by atoms with Crippen LogP contribution in [-0.4, -0.2) is 36.5 Å². The fourth-order valence-corrected chi connectivity index (χ4v) is 3.14. The first-order valence-corrected chi connectivity index (χ1v) is 7.28. The highest BCUT2D eigenvalue weighted by Gasteiger charge is 2.28. The van der Waals surface area contributed by atoms with Crippen LogP contribution in [0, 0.1) is 0 Å². The minimum absolute atomic E-state index is 0.139. The summed E-state index contributed by atoms with van der Waals surface area (Å²) in [7, 11) is 2.06. The maximum atomic E-state index is 12.2. The van der Waals surface area contributed by atoms with Gasteiger partial charge in [-0.1, -0.05) is 32.1 Å². The highest BCUT2D eigenvalue weighted by Crippen LogP contribution is 2.19. The Morgan fingerprint density at radius 1 is 1.00 bits per heavy atom. The third kappa shape index (κ3) is 3.70. The van der Waals surface area contributed by atoms with Crippen molar-refractivity contribution in [1.29, 1.82) is 0 Å². The first-order chi connectivity index (χ1) is 8.27. The standard InChI is InChI=1S/C14H26N2O/c1-16-11-7-10-13(16)14(17)15-12-8-5-3-2-4-6-9-12/h12-13H,2-11H2,1H3,(H,15,17)/t13-/m0/s1. The van der Waals surface area contributed by atoms with Gasteiger partial charge in [-0.15, -0.1) is 0 Å². The molecule has 1 atom stereocenters. The predicted molar refractivity (Wildman–Crippen MR) is 69.9 cm³/mol. The Hall–Kier alpha value is -0.570. The molecule has 0 aromatic rings. The Kier molecular flexibility index (Phi) is 4.84. The maximum absolute atomic E-state index is 12.2. The molecule has 1 amide bonds. The molecular weight excluding hydrogens is 212 g/mol. The molecule has 0 spiro atoms. The van der Waals surface area contributed by atoms with Crippen molar-refractivity contribution in [2.24, 2.45) is 0 Å². The number of carbonyl (C=O) groups excluding carboxylic acids is 1. The quantitative estimate of drug-likeness (QED) is 0.800. The van der Waals surface area contributed by atoms with Gasteiger partial charge in [-0.3, -0.25) is 9.69 Å². The molecule has 1 aliphatic heterocycles. The highest BCUT2D eigenvalue weighted by molar-refractivity contribution is 5.82. The number of amides is 1. The normalized spacial score (nSPS) is 28.6. The van der Waals surface area contributed by atoms with Gasteiger partial charge in [0.25, 0.3) is 0 Å². The third-order valence-corrected chi connectivity index (χ3v) is 4.27. The van der Waals surface area contributed by atoms with Crippen LogP contribution in [0.15, 0.2) is 0 Å². The summed E-state index contributed by atoms with van der Waals surface area (Å²) in [6.45, 7) is 1.07. The van der Waals surface area contributed by atoms with Crippen molar-refractivity contribution in [3.8, 4) is 0 Å². The molecule has 98 valence electrons. The Morgan fingerprint density at radius 3 is 2.24 bits per heavy atom. The summed E-state index contributed by atoms with van der Waals surface area (Å²) in [4.78, 5) is 14.4. The molecule has 2 fully saturated rings. The summed E-state index contributed by atoms with van der Waals surface area (Å²) in [6, 6.07) is 0.581. The van der Waals surface area contributed by atoms with Crippen molar-refractivity contribution >= 4 is 5.91 Å². The summed E-state index contributed by atoms with van der Waals surface area (Å²) in [6.07, 6.45) is 11.2. The van der Waals surface area contributed by atoms with Gasteiger partial charge in [-0.25, -0.2) is 0 Å². The summed E-state index contributed by atoms with van der Waals surface area (Å²) >= 11 is 0. The first kappa shape index (κ1) is 12.9. The second-order valence-electron chi connectivity index (χ2n) is 5.69. The predicted octanol–water partition coefficient (Wildman–Crippen LogP) is 2.31. The molecule has 1 saturated carbocycles. The summed E-state index contributed by atoms with van der Waals surface area (Å²) in [5.74, 6) is 0.274. The minimum atomic E-state index is 0.139. The van der Waals surface area contributed by atoms with Crippen LogP contribution < -0.4 is 5.32 Å². The van der Waals surface area contributed by atoms with E-state index in [0.29, 0.717) is 6.04 Å². The molecule has 1 N–H and O–H groups in total. The second-order valence-corrected chi connectivity index (χ2v) is 5.69. The smallest absolute Gasteiger partial charge is 0.237 e. The van der Waals surface area contributed by atoms with Gasteiger partial charge >= 0.3 is 0 Å². The molecule has 1 saturated heterocycles. The molecule has 3 heteroatoms. The first-order valence-electron chi connectivity index (χ1n) is 7.28. The number of nitrogens with zero attached hydrogens (tertiary/aromatic N) is 1. The second kappa shape index (κ2) is 6.39. The van der Waals surface area contributed by atoms with Gasteiger partial charge in [0.1, 0.15) is 0 Å². The number of hydrogen-bond acceptors (Lipinski definition) is 2. The fourth-order valence-electron chi connectivity index (χ4n) is 3.14. The number of likely N-dealkylation sites (N-methyl/N-ethyl adjacent to an activating group) is 1. The molecule has 1 aliphatic carbocycles. The molecule has 1 heterocycles. The lowest BCUT2D eigenvalue weighted by Crippen LogP contribution is -2.45. The SMILES string of the molecule is CN1CCC[C@H]1C(=O)NC1CCCCCCC1. The van der Waals surface area contributed by atoms with Crippen molar-refractivity contribution in [3.05, 3.63) is 0 Å². The molecule has 17 heavy (non-hydrogen) atoms. The molecule has 0 radical (unpaired) electrons. The van der Waals surface area contributed by atoms with Gasteiger partial charge < -0.3 is 5.32 Å². The Bertz CT molecular complexity index is 247. The summed E-state index contributed by atoms with van der Waals surface area (Å²) in [5, 5.41) is 3.28. The molecule has 3 nitrogen and oxygen atoms in total. The van der Waals surface area contributed by atoms with Crippen molar-refractivity contribution < 1.29 is 4.79 Å². The fraction of sp³-hybridized carbons (Fsp3) is 0.929. The highest BCUT2D eigenvalue weighted by atomic mass is 16.2.